The molecule has 0 aromatic heterocycles. The second-order valence-electron chi connectivity index (χ2n) is 6.08. The lowest BCUT2D eigenvalue weighted by Gasteiger charge is -2.33. The Morgan fingerprint density at radius 1 is 1.22 bits per heavy atom. The van der Waals surface area contributed by atoms with Gasteiger partial charge in [0.1, 0.15) is 0 Å². The molecule has 6 heteroatoms. The Morgan fingerprint density at radius 3 is 2.48 bits per heavy atom. The van der Waals surface area contributed by atoms with E-state index in [1.807, 2.05) is 32.0 Å². The molecule has 1 aromatic rings. The molecular formula is C17H27N4O2+. The van der Waals surface area contributed by atoms with Crippen molar-refractivity contribution in [2.45, 2.75) is 26.3 Å². The van der Waals surface area contributed by atoms with E-state index in [4.69, 9.17) is 0 Å². The molecule has 1 aromatic carbocycles. The van der Waals surface area contributed by atoms with Crippen LogP contribution in [0.3, 0.4) is 0 Å². The monoisotopic (exact) mass is 319 g/mol. The van der Waals surface area contributed by atoms with Crippen LogP contribution in [-0.2, 0) is 4.79 Å². The molecular weight excluding hydrogens is 292 g/mol. The smallest absolute Gasteiger partial charge is 0.321 e. The molecule has 1 saturated heterocycles. The van der Waals surface area contributed by atoms with Crippen molar-refractivity contribution >= 4 is 17.6 Å². The lowest BCUT2D eigenvalue weighted by molar-refractivity contribution is -0.892. The van der Waals surface area contributed by atoms with Crippen molar-refractivity contribution in [3.63, 3.8) is 0 Å². The van der Waals surface area contributed by atoms with Crippen molar-refractivity contribution in [3.05, 3.63) is 30.3 Å². The molecule has 1 atom stereocenters. The number of hydrogen-bond donors (Lipinski definition) is 3. The predicted octanol–water partition coefficient (Wildman–Crippen LogP) is 0.0158. The van der Waals surface area contributed by atoms with E-state index >= 15 is 0 Å². The first kappa shape index (κ1) is 17.3. The number of anilines is 1. The molecule has 2 rings (SSSR count). The van der Waals surface area contributed by atoms with E-state index in [1.165, 1.54) is 10.6 Å². The molecule has 0 radical (unpaired) electrons. The van der Waals surface area contributed by atoms with Crippen molar-refractivity contribution in [3.8, 4) is 0 Å². The summed E-state index contributed by atoms with van der Waals surface area (Å²) in [4.78, 5) is 27.1. The van der Waals surface area contributed by atoms with Gasteiger partial charge in [-0.05, 0) is 25.5 Å². The van der Waals surface area contributed by atoms with Gasteiger partial charge in [-0.1, -0.05) is 25.1 Å². The van der Waals surface area contributed by atoms with Crippen molar-refractivity contribution < 1.29 is 14.5 Å². The molecule has 0 aliphatic carbocycles. The molecule has 1 aliphatic rings. The Bertz CT molecular complexity index is 513. The SMILES string of the molecule is CC[C@@H](C)NC(=O)NC(=O)C[NH+]1CCN(c2ccccc2)CC1. The minimum Gasteiger partial charge on any atom is -0.360 e. The number of imide groups is 1. The number of rotatable bonds is 5. The van der Waals surface area contributed by atoms with Crippen molar-refractivity contribution in [1.82, 2.24) is 10.6 Å². The highest BCUT2D eigenvalue weighted by Crippen LogP contribution is 2.12. The number of piperazine rings is 1. The number of quaternary nitrogens is 1. The summed E-state index contributed by atoms with van der Waals surface area (Å²) in [6.07, 6.45) is 0.842. The first-order chi connectivity index (χ1) is 11.1. The van der Waals surface area contributed by atoms with Gasteiger partial charge in [-0.15, -0.1) is 0 Å². The van der Waals surface area contributed by atoms with E-state index in [2.05, 4.69) is 27.7 Å². The Kier molecular flexibility index (Phi) is 6.40. The highest BCUT2D eigenvalue weighted by molar-refractivity contribution is 5.94. The zero-order valence-electron chi connectivity index (χ0n) is 14.0. The maximum absolute atomic E-state index is 11.9. The van der Waals surface area contributed by atoms with E-state index in [0.29, 0.717) is 6.54 Å². The summed E-state index contributed by atoms with van der Waals surface area (Å²) < 4.78 is 0. The maximum Gasteiger partial charge on any atom is 0.321 e. The summed E-state index contributed by atoms with van der Waals surface area (Å²) >= 11 is 0. The molecule has 0 unspecified atom stereocenters. The number of amides is 3. The second kappa shape index (κ2) is 8.53. The number of benzene rings is 1. The zero-order valence-corrected chi connectivity index (χ0v) is 14.0. The number of nitrogens with one attached hydrogen (secondary N) is 3. The van der Waals surface area contributed by atoms with E-state index in [-0.39, 0.29) is 11.9 Å². The molecule has 0 spiro atoms. The van der Waals surface area contributed by atoms with Gasteiger partial charge in [-0.2, -0.15) is 0 Å². The fourth-order valence-corrected chi connectivity index (χ4v) is 2.66. The maximum atomic E-state index is 11.9. The Morgan fingerprint density at radius 2 is 1.87 bits per heavy atom. The molecule has 0 saturated carbocycles. The second-order valence-corrected chi connectivity index (χ2v) is 6.08. The molecule has 1 aliphatic heterocycles. The van der Waals surface area contributed by atoms with Crippen molar-refractivity contribution in [2.75, 3.05) is 37.6 Å². The van der Waals surface area contributed by atoms with E-state index in [9.17, 15) is 9.59 Å². The Labute approximate surface area is 137 Å². The van der Waals surface area contributed by atoms with Crippen LogP contribution < -0.4 is 20.4 Å². The third-order valence-electron chi connectivity index (χ3n) is 4.25. The van der Waals surface area contributed by atoms with Crippen molar-refractivity contribution in [2.24, 2.45) is 0 Å². The summed E-state index contributed by atoms with van der Waals surface area (Å²) in [5.74, 6) is -0.214. The number of nitrogens with zero attached hydrogens (tertiary/aromatic N) is 1. The summed E-state index contributed by atoms with van der Waals surface area (Å²) in [5, 5.41) is 5.15. The minimum absolute atomic E-state index is 0.0737. The van der Waals surface area contributed by atoms with E-state index in [1.54, 1.807) is 0 Å². The minimum atomic E-state index is -0.397. The van der Waals surface area contributed by atoms with Gasteiger partial charge in [0.2, 0.25) is 0 Å². The van der Waals surface area contributed by atoms with Crippen LogP contribution in [0.4, 0.5) is 10.5 Å². The van der Waals surface area contributed by atoms with Gasteiger partial charge in [0, 0.05) is 11.7 Å². The van der Waals surface area contributed by atoms with Gasteiger partial charge < -0.3 is 15.1 Å². The van der Waals surface area contributed by atoms with Gasteiger partial charge in [-0.3, -0.25) is 10.1 Å². The van der Waals surface area contributed by atoms with Gasteiger partial charge in [0.15, 0.2) is 6.54 Å². The average molecular weight is 319 g/mol. The fraction of sp³-hybridized carbons (Fsp3) is 0.529. The topological polar surface area (TPSA) is 65.9 Å². The molecule has 1 fully saturated rings. The molecule has 23 heavy (non-hydrogen) atoms. The lowest BCUT2D eigenvalue weighted by atomic mass is 10.2. The number of hydrogen-bond acceptors (Lipinski definition) is 3. The van der Waals surface area contributed by atoms with Crippen LogP contribution >= 0.6 is 0 Å². The van der Waals surface area contributed by atoms with Crippen LogP contribution in [-0.4, -0.2) is 50.7 Å². The normalized spacial score (nSPS) is 16.7. The number of urea groups is 1. The third kappa shape index (κ3) is 5.56. The first-order valence-electron chi connectivity index (χ1n) is 8.32. The van der Waals surface area contributed by atoms with Gasteiger partial charge >= 0.3 is 6.03 Å². The van der Waals surface area contributed by atoms with Gasteiger partial charge in [-0.25, -0.2) is 4.79 Å². The Hall–Kier alpha value is -2.08. The predicted molar refractivity (Wildman–Crippen MR) is 90.6 cm³/mol. The third-order valence-corrected chi connectivity index (χ3v) is 4.25. The number of carbonyl (C=O) groups is 2. The van der Waals surface area contributed by atoms with Crippen molar-refractivity contribution in [1.29, 1.82) is 0 Å². The quantitative estimate of drug-likeness (QED) is 0.717. The fourth-order valence-electron chi connectivity index (χ4n) is 2.66. The zero-order chi connectivity index (χ0) is 16.7. The van der Waals surface area contributed by atoms with Crippen LogP contribution in [0.25, 0.3) is 0 Å². The highest BCUT2D eigenvalue weighted by Gasteiger charge is 2.23. The van der Waals surface area contributed by atoms with E-state index in [0.717, 1.165) is 32.6 Å². The van der Waals surface area contributed by atoms with Crippen LogP contribution in [0, 0.1) is 0 Å². The molecule has 6 nitrogen and oxygen atoms in total. The van der Waals surface area contributed by atoms with Crippen LogP contribution in [0.15, 0.2) is 30.3 Å². The Balaban J connectivity index is 1.71. The average Bonchev–Trinajstić information content (AvgIpc) is 2.56. The first-order valence-corrected chi connectivity index (χ1v) is 8.32. The van der Waals surface area contributed by atoms with Gasteiger partial charge in [0.05, 0.1) is 26.2 Å². The molecule has 3 N–H and O–H groups in total. The molecule has 0 bridgehead atoms. The molecule has 3 amide bonds. The largest absolute Gasteiger partial charge is 0.360 e. The summed E-state index contributed by atoms with van der Waals surface area (Å²) in [7, 11) is 0. The van der Waals surface area contributed by atoms with Crippen LogP contribution in [0.5, 0.6) is 0 Å². The summed E-state index contributed by atoms with van der Waals surface area (Å²) in [5.41, 5.74) is 1.23. The molecule has 126 valence electrons. The summed E-state index contributed by atoms with van der Waals surface area (Å²) in [6.45, 7) is 7.89. The standard InChI is InChI=1S/C17H26N4O2/c1-3-14(2)18-17(23)19-16(22)13-20-9-11-21(12-10-20)15-7-5-4-6-8-15/h4-8,14H,3,9-13H2,1-2H3,(H2,18,19,22,23)/p+1/t14-/m1/s1. The highest BCUT2D eigenvalue weighted by atomic mass is 16.2. The van der Waals surface area contributed by atoms with Crippen LogP contribution in [0.2, 0.25) is 0 Å². The van der Waals surface area contributed by atoms with Gasteiger partial charge in [0.25, 0.3) is 5.91 Å². The molecule has 1 heterocycles. The van der Waals surface area contributed by atoms with Crippen LogP contribution in [0.1, 0.15) is 20.3 Å². The number of carbonyl (C=O) groups excluding carboxylic acids is 2. The summed E-state index contributed by atoms with van der Waals surface area (Å²) in [6, 6.07) is 9.99. The number of para-hydroxylation sites is 1. The lowest BCUT2D eigenvalue weighted by Crippen LogP contribution is -3.16. The van der Waals surface area contributed by atoms with E-state index < -0.39 is 6.03 Å².